The van der Waals surface area contributed by atoms with Gasteiger partial charge in [-0.05, 0) is 24.6 Å². The molecule has 3 rings (SSSR count). The summed E-state index contributed by atoms with van der Waals surface area (Å²) in [6.45, 7) is 1.71. The van der Waals surface area contributed by atoms with Gasteiger partial charge in [0.25, 0.3) is 11.5 Å². The molecular weight excluding hydrogens is 342 g/mol. The molecule has 0 radical (unpaired) electrons. The molecule has 0 unspecified atom stereocenters. The fraction of sp³-hybridized carbons (Fsp3) is 0.176. The molecule has 25 heavy (non-hydrogen) atoms. The lowest BCUT2D eigenvalue weighted by atomic mass is 10.1. The van der Waals surface area contributed by atoms with E-state index in [4.69, 9.17) is 4.74 Å². The van der Waals surface area contributed by atoms with E-state index in [-0.39, 0.29) is 11.1 Å². The number of hydrogen-bond donors (Lipinski definition) is 1. The van der Waals surface area contributed by atoms with Gasteiger partial charge in [-0.2, -0.15) is 0 Å². The van der Waals surface area contributed by atoms with E-state index < -0.39 is 11.9 Å². The third-order valence-electron chi connectivity index (χ3n) is 3.80. The Kier molecular flexibility index (Phi) is 4.37. The van der Waals surface area contributed by atoms with E-state index in [1.807, 2.05) is 0 Å². The molecule has 0 aliphatic heterocycles. The maximum absolute atomic E-state index is 12.7. The van der Waals surface area contributed by atoms with Gasteiger partial charge in [-0.3, -0.25) is 9.59 Å². The summed E-state index contributed by atoms with van der Waals surface area (Å²) in [5.74, 6) is -0.946. The van der Waals surface area contributed by atoms with Crippen LogP contribution in [0.1, 0.15) is 25.6 Å². The second-order valence-electron chi connectivity index (χ2n) is 5.39. The van der Waals surface area contributed by atoms with Gasteiger partial charge in [0.15, 0.2) is 0 Å². The molecule has 0 aliphatic rings. The molecule has 1 N–H and O–H groups in total. The third-order valence-corrected chi connectivity index (χ3v) is 5.00. The largest absolute Gasteiger partial charge is 0.465 e. The molecular formula is C17H15N3O4S. The molecule has 1 amide bonds. The van der Waals surface area contributed by atoms with E-state index in [9.17, 15) is 14.4 Å². The van der Waals surface area contributed by atoms with Crippen LogP contribution in [-0.4, -0.2) is 28.5 Å². The number of anilines is 1. The number of aryl methyl sites for hydroxylation is 2. The van der Waals surface area contributed by atoms with Gasteiger partial charge >= 0.3 is 5.97 Å². The molecule has 0 atom stereocenters. The van der Waals surface area contributed by atoms with Crippen LogP contribution in [0.4, 0.5) is 5.69 Å². The Morgan fingerprint density at radius 1 is 1.28 bits per heavy atom. The van der Waals surface area contributed by atoms with Crippen LogP contribution in [0.25, 0.3) is 10.2 Å². The second-order valence-corrected chi connectivity index (χ2v) is 6.39. The zero-order chi connectivity index (χ0) is 18.1. The van der Waals surface area contributed by atoms with Crippen molar-refractivity contribution in [1.82, 2.24) is 9.55 Å². The number of thiophene rings is 1. The van der Waals surface area contributed by atoms with E-state index in [0.29, 0.717) is 26.3 Å². The number of carbonyl (C=O) groups excluding carboxylic acids is 2. The van der Waals surface area contributed by atoms with Crippen LogP contribution < -0.4 is 10.9 Å². The predicted octanol–water partition coefficient (Wildman–Crippen LogP) is 2.34. The fourth-order valence-electron chi connectivity index (χ4n) is 2.48. The van der Waals surface area contributed by atoms with Crippen LogP contribution in [-0.2, 0) is 11.8 Å². The first-order chi connectivity index (χ1) is 11.9. The zero-order valence-electron chi connectivity index (χ0n) is 13.8. The Balaban J connectivity index is 2.02. The van der Waals surface area contributed by atoms with Crippen LogP contribution in [0.2, 0.25) is 0 Å². The highest BCUT2D eigenvalue weighted by Crippen LogP contribution is 2.28. The average Bonchev–Trinajstić information content (AvgIpc) is 2.95. The van der Waals surface area contributed by atoms with Crippen molar-refractivity contribution in [3.05, 3.63) is 57.0 Å². The minimum absolute atomic E-state index is 0.201. The van der Waals surface area contributed by atoms with Gasteiger partial charge in [-0.1, -0.05) is 12.1 Å². The summed E-state index contributed by atoms with van der Waals surface area (Å²) >= 11 is 1.14. The number of fused-ring (bicyclic) bond motifs is 1. The Morgan fingerprint density at radius 2 is 2.00 bits per heavy atom. The lowest BCUT2D eigenvalue weighted by molar-refractivity contribution is 0.0602. The standard InChI is InChI=1S/C17H15N3O4S/c1-9-12-15(18-8-20(2)16(12)22)25-13(9)14(21)19-11-7-5-4-6-10(11)17(23)24-3/h4-8H,1-3H3,(H,19,21). The summed E-state index contributed by atoms with van der Waals surface area (Å²) in [6.07, 6.45) is 1.43. The summed E-state index contributed by atoms with van der Waals surface area (Å²) in [4.78, 5) is 41.8. The van der Waals surface area contributed by atoms with Gasteiger partial charge in [-0.25, -0.2) is 9.78 Å². The number of carbonyl (C=O) groups is 2. The van der Waals surface area contributed by atoms with E-state index in [1.165, 1.54) is 18.0 Å². The smallest absolute Gasteiger partial charge is 0.339 e. The monoisotopic (exact) mass is 357 g/mol. The third kappa shape index (κ3) is 2.91. The number of benzene rings is 1. The molecule has 3 aromatic rings. The molecule has 0 spiro atoms. The van der Waals surface area contributed by atoms with E-state index >= 15 is 0 Å². The lowest BCUT2D eigenvalue weighted by Crippen LogP contribution is -2.17. The summed E-state index contributed by atoms with van der Waals surface area (Å²) in [5, 5.41) is 3.14. The molecule has 2 heterocycles. The number of nitrogens with one attached hydrogen (secondary N) is 1. The molecule has 0 fully saturated rings. The van der Waals surface area contributed by atoms with E-state index in [0.717, 1.165) is 11.3 Å². The Bertz CT molecular complexity index is 1050. The van der Waals surface area contributed by atoms with Gasteiger partial charge in [-0.15, -0.1) is 11.3 Å². The number of rotatable bonds is 3. The number of para-hydroxylation sites is 1. The van der Waals surface area contributed by atoms with Crippen LogP contribution in [0.5, 0.6) is 0 Å². The van der Waals surface area contributed by atoms with Crippen molar-refractivity contribution in [3.8, 4) is 0 Å². The summed E-state index contributed by atoms with van der Waals surface area (Å²) < 4.78 is 6.09. The normalized spacial score (nSPS) is 10.7. The molecule has 8 heteroatoms. The van der Waals surface area contributed by atoms with Gasteiger partial charge < -0.3 is 14.6 Å². The summed E-state index contributed by atoms with van der Waals surface area (Å²) in [6, 6.07) is 6.57. The minimum Gasteiger partial charge on any atom is -0.465 e. The number of esters is 1. The fourth-order valence-corrected chi connectivity index (χ4v) is 3.52. The molecule has 7 nitrogen and oxygen atoms in total. The minimum atomic E-state index is -0.542. The van der Waals surface area contributed by atoms with Gasteiger partial charge in [0.1, 0.15) is 4.83 Å². The SMILES string of the molecule is COC(=O)c1ccccc1NC(=O)c1sc2ncn(C)c(=O)c2c1C. The Labute approximate surface area is 146 Å². The first-order valence-electron chi connectivity index (χ1n) is 7.37. The Hall–Kier alpha value is -3.00. The van der Waals surface area contributed by atoms with Gasteiger partial charge in [0.05, 0.1) is 35.0 Å². The first-order valence-corrected chi connectivity index (χ1v) is 8.19. The van der Waals surface area contributed by atoms with Gasteiger partial charge in [0, 0.05) is 7.05 Å². The van der Waals surface area contributed by atoms with Crippen LogP contribution in [0.3, 0.4) is 0 Å². The van der Waals surface area contributed by atoms with Crippen LogP contribution in [0.15, 0.2) is 35.4 Å². The molecule has 2 aromatic heterocycles. The van der Waals surface area contributed by atoms with E-state index in [1.54, 1.807) is 38.2 Å². The highest BCUT2D eigenvalue weighted by Gasteiger charge is 2.21. The number of aromatic nitrogens is 2. The van der Waals surface area contributed by atoms with Crippen molar-refractivity contribution in [3.63, 3.8) is 0 Å². The van der Waals surface area contributed by atoms with Crippen molar-refractivity contribution in [2.75, 3.05) is 12.4 Å². The van der Waals surface area contributed by atoms with E-state index in [2.05, 4.69) is 10.3 Å². The summed E-state index contributed by atoms with van der Waals surface area (Å²) in [7, 11) is 2.89. The average molecular weight is 357 g/mol. The number of ether oxygens (including phenoxy) is 1. The van der Waals surface area contributed by atoms with Gasteiger partial charge in [0.2, 0.25) is 0 Å². The molecule has 0 saturated carbocycles. The van der Waals surface area contributed by atoms with Crippen LogP contribution in [0, 0.1) is 6.92 Å². The number of hydrogen-bond acceptors (Lipinski definition) is 6. The first kappa shape index (κ1) is 16.8. The number of amides is 1. The van der Waals surface area contributed by atoms with Crippen molar-refractivity contribution in [2.45, 2.75) is 6.92 Å². The molecule has 1 aromatic carbocycles. The molecule has 0 bridgehead atoms. The topological polar surface area (TPSA) is 90.3 Å². The van der Waals surface area contributed by atoms with Crippen molar-refractivity contribution < 1.29 is 14.3 Å². The second kappa shape index (κ2) is 6.48. The highest BCUT2D eigenvalue weighted by molar-refractivity contribution is 7.20. The quantitative estimate of drug-likeness (QED) is 0.727. The highest BCUT2D eigenvalue weighted by atomic mass is 32.1. The molecule has 0 saturated heterocycles. The van der Waals surface area contributed by atoms with Crippen molar-refractivity contribution in [1.29, 1.82) is 0 Å². The Morgan fingerprint density at radius 3 is 2.72 bits per heavy atom. The maximum atomic E-state index is 12.7. The maximum Gasteiger partial charge on any atom is 0.339 e. The van der Waals surface area contributed by atoms with Crippen molar-refractivity contribution >= 4 is 39.1 Å². The predicted molar refractivity (Wildman–Crippen MR) is 95.3 cm³/mol. The summed E-state index contributed by atoms with van der Waals surface area (Å²) in [5.41, 5.74) is 0.970. The number of nitrogens with zero attached hydrogens (tertiary/aromatic N) is 2. The number of methoxy groups -OCH3 is 1. The van der Waals surface area contributed by atoms with Crippen molar-refractivity contribution in [2.24, 2.45) is 7.05 Å². The lowest BCUT2D eigenvalue weighted by Gasteiger charge is -2.09. The zero-order valence-corrected chi connectivity index (χ0v) is 14.6. The van der Waals surface area contributed by atoms with Crippen LogP contribution >= 0.6 is 11.3 Å². The molecule has 0 aliphatic carbocycles. The molecule has 128 valence electrons.